The van der Waals surface area contributed by atoms with Gasteiger partial charge in [-0.2, -0.15) is 11.8 Å². The minimum atomic E-state index is -1.85. The highest BCUT2D eigenvalue weighted by Gasteiger charge is 2.42. The Morgan fingerprint density at radius 1 is 0.657 bits per heavy atom. The van der Waals surface area contributed by atoms with E-state index in [1.807, 2.05) is 11.8 Å². The van der Waals surface area contributed by atoms with Crippen LogP contribution in [0.2, 0.25) is 0 Å². The van der Waals surface area contributed by atoms with Crippen LogP contribution in [0.15, 0.2) is 58.5 Å². The zero-order valence-electron chi connectivity index (χ0n) is 38.5. The number of aliphatic hydroxyl groups excluding tert-OH is 10. The molecule has 2 aliphatic heterocycles. The van der Waals surface area contributed by atoms with Gasteiger partial charge in [-0.15, -0.1) is 0 Å². The number of carbonyl (C=O) groups is 5. The topological polar surface area (TPSA) is 388 Å². The van der Waals surface area contributed by atoms with Crippen molar-refractivity contribution in [1.29, 1.82) is 0 Å². The third-order valence-corrected chi connectivity index (χ3v) is 12.9. The summed E-state index contributed by atoms with van der Waals surface area (Å²) in [5, 5.41) is 114. The number of urea groups is 1. The number of unbranched alkanes of at least 4 members (excludes halogenated alkanes) is 1. The highest BCUT2D eigenvalue weighted by molar-refractivity contribution is 8.00. The van der Waals surface area contributed by atoms with Crippen LogP contribution < -0.4 is 31.9 Å². The van der Waals surface area contributed by atoms with E-state index in [0.717, 1.165) is 31.0 Å². The molecule has 2 aliphatic rings. The molecule has 0 spiro atoms. The molecular formula is C45H67N9O15S. The van der Waals surface area contributed by atoms with Gasteiger partial charge in [-0.25, -0.2) is 4.79 Å². The molecule has 2 aromatic rings. The van der Waals surface area contributed by atoms with Crippen LogP contribution in [0.4, 0.5) is 27.5 Å². The number of benzene rings is 2. The summed E-state index contributed by atoms with van der Waals surface area (Å²) in [7, 11) is 0. The standard InChI is InChI=1S/C45H67N9O15S/c55-23-33(59)43(67)41(65)31(57)21-48-26-5-3-7-28(19-26)50-38(63)12-16-54(17-13-39(64)51-29-8-4-6-27(20-29)49-22-32(58)42(66)44(68)34(60)24-56)18-15-47-37(62)11-14-46-36(61)10-2-1-9-35-40-30(25-70-35)52-45(69)53-40/h3-8,19-22,30-35,40-44,55-60,65-68H,1-2,9-18,23-25H2,(H,46,61)(H,47,62)(H,50,63)(H,51,64)(H2,52,53,69)/b48-21-,49-22+/t30-,31?,32?,33?,34?,35?,40-,41+,42+,43-,44-/m1/s1. The molecule has 0 bridgehead atoms. The molecule has 2 heterocycles. The maximum Gasteiger partial charge on any atom is 0.315 e. The van der Waals surface area contributed by atoms with Crippen LogP contribution in [0.3, 0.4) is 0 Å². The summed E-state index contributed by atoms with van der Waals surface area (Å²) in [5.41, 5.74) is 1.20. The quantitative estimate of drug-likeness (QED) is 0.0203. The van der Waals surface area contributed by atoms with Crippen molar-refractivity contribution in [2.75, 3.05) is 62.3 Å². The second-order valence-corrected chi connectivity index (χ2v) is 18.1. The Bertz CT molecular complexity index is 1960. The second kappa shape index (κ2) is 29.9. The summed E-state index contributed by atoms with van der Waals surface area (Å²) < 4.78 is 0. The van der Waals surface area contributed by atoms with Gasteiger partial charge in [-0.1, -0.05) is 18.6 Å². The minimum Gasteiger partial charge on any atom is -0.394 e. The van der Waals surface area contributed by atoms with Gasteiger partial charge in [0.1, 0.15) is 48.8 Å². The Balaban J connectivity index is 1.26. The Hall–Kier alpha value is -5.16. The van der Waals surface area contributed by atoms with Crippen molar-refractivity contribution in [1.82, 2.24) is 26.2 Å². The molecule has 0 aliphatic carbocycles. The predicted octanol–water partition coefficient (Wildman–Crippen LogP) is -3.03. The molecule has 70 heavy (non-hydrogen) atoms. The second-order valence-electron chi connectivity index (χ2n) is 16.9. The van der Waals surface area contributed by atoms with E-state index in [2.05, 4.69) is 41.9 Å². The van der Waals surface area contributed by atoms with Crippen LogP contribution in [-0.4, -0.2) is 216 Å². The lowest BCUT2D eigenvalue weighted by molar-refractivity contribution is -0.123. The van der Waals surface area contributed by atoms with Crippen molar-refractivity contribution in [3.8, 4) is 0 Å². The number of fused-ring (bicyclic) bond motifs is 1. The highest BCUT2D eigenvalue weighted by Crippen LogP contribution is 2.33. The molecule has 6 amide bonds. The maximum absolute atomic E-state index is 13.1. The Morgan fingerprint density at radius 2 is 1.17 bits per heavy atom. The van der Waals surface area contributed by atoms with Gasteiger partial charge in [-0.05, 0) is 49.2 Å². The Labute approximate surface area is 408 Å². The fourth-order valence-electron chi connectivity index (χ4n) is 7.33. The van der Waals surface area contributed by atoms with Crippen molar-refractivity contribution in [3.63, 3.8) is 0 Å². The first-order valence-electron chi connectivity index (χ1n) is 23.0. The number of thioether (sulfide) groups is 1. The normalized spacial score (nSPS) is 20.2. The van der Waals surface area contributed by atoms with Gasteiger partial charge in [0.05, 0.1) is 36.7 Å². The van der Waals surface area contributed by atoms with E-state index in [-0.39, 0.29) is 93.3 Å². The molecule has 0 saturated carbocycles. The van der Waals surface area contributed by atoms with Gasteiger partial charge < -0.3 is 87.9 Å². The van der Waals surface area contributed by atoms with Gasteiger partial charge in [0, 0.05) is 93.2 Å². The van der Waals surface area contributed by atoms with E-state index < -0.39 is 73.9 Å². The molecule has 0 radical (unpaired) electrons. The zero-order valence-corrected chi connectivity index (χ0v) is 39.3. The minimum absolute atomic E-state index is 0.0277. The summed E-state index contributed by atoms with van der Waals surface area (Å²) in [5.74, 6) is -0.439. The molecule has 16 N–H and O–H groups in total. The zero-order chi connectivity index (χ0) is 51.2. The smallest absolute Gasteiger partial charge is 0.315 e. The molecule has 2 saturated heterocycles. The van der Waals surface area contributed by atoms with Crippen molar-refractivity contribution in [2.45, 2.75) is 111 Å². The molecule has 25 heteroatoms. The number of nitrogens with zero attached hydrogens (tertiary/aromatic N) is 3. The van der Waals surface area contributed by atoms with Gasteiger partial charge in [-0.3, -0.25) is 29.2 Å². The lowest BCUT2D eigenvalue weighted by Gasteiger charge is -2.23. The van der Waals surface area contributed by atoms with Crippen LogP contribution >= 0.6 is 11.8 Å². The summed E-state index contributed by atoms with van der Waals surface area (Å²) in [6, 6.07) is 12.5. The van der Waals surface area contributed by atoms with Crippen LogP contribution in [0.1, 0.15) is 44.9 Å². The van der Waals surface area contributed by atoms with Crippen molar-refractivity contribution in [2.24, 2.45) is 9.98 Å². The molecule has 0 aromatic heterocycles. The number of nitrogens with one attached hydrogen (secondary N) is 6. The lowest BCUT2D eigenvalue weighted by Crippen LogP contribution is -2.46. The number of hydrogen-bond acceptors (Lipinski definition) is 19. The van der Waals surface area contributed by atoms with E-state index in [1.165, 1.54) is 12.1 Å². The van der Waals surface area contributed by atoms with E-state index in [0.29, 0.717) is 29.5 Å². The molecule has 24 nitrogen and oxygen atoms in total. The van der Waals surface area contributed by atoms with Crippen LogP contribution in [-0.2, 0) is 19.2 Å². The summed E-state index contributed by atoms with van der Waals surface area (Å²) in [6.07, 6.45) is -9.65. The average Bonchev–Trinajstić information content (AvgIpc) is 3.91. The van der Waals surface area contributed by atoms with Crippen LogP contribution in [0.25, 0.3) is 0 Å². The molecule has 2 fully saturated rings. The van der Waals surface area contributed by atoms with Crippen molar-refractivity contribution < 1.29 is 75.0 Å². The summed E-state index contributed by atoms with van der Waals surface area (Å²) >= 11 is 1.82. The number of rotatable bonds is 31. The molecule has 4 rings (SSSR count). The number of aliphatic hydroxyl groups is 10. The molecule has 2 aromatic carbocycles. The number of carbonyl (C=O) groups excluding carboxylic acids is 5. The monoisotopic (exact) mass is 1010 g/mol. The van der Waals surface area contributed by atoms with Gasteiger partial charge in [0.25, 0.3) is 0 Å². The highest BCUT2D eigenvalue weighted by atomic mass is 32.2. The fourth-order valence-corrected chi connectivity index (χ4v) is 8.87. The predicted molar refractivity (Wildman–Crippen MR) is 259 cm³/mol. The van der Waals surface area contributed by atoms with E-state index >= 15 is 0 Å². The SMILES string of the molecule is O=C(CCCCC1SC[C@H]2NC(=O)N[C@@H]12)NCCC(=O)NCCN(CCC(=O)Nc1cccc(/N=C\C(O)[C@H](O)[C@H](O)C(O)CO)c1)CCC(=O)Nc1cccc(/N=C/C(O)[C@H](O)[C@H](O)C(O)CO)c1. The molecule has 388 valence electrons. The third-order valence-electron chi connectivity index (χ3n) is 11.4. The average molecular weight is 1010 g/mol. The maximum atomic E-state index is 13.1. The van der Waals surface area contributed by atoms with Gasteiger partial charge in [0.15, 0.2) is 0 Å². The first-order chi connectivity index (χ1) is 33.5. The Kier molecular flexibility index (Phi) is 24.5. The number of hydrogen-bond donors (Lipinski definition) is 16. The molecule has 11 atom stereocenters. The molecular weight excluding hydrogens is 939 g/mol. The number of aliphatic imine (C=N–C) groups is 2. The van der Waals surface area contributed by atoms with Crippen molar-refractivity contribution >= 4 is 76.6 Å². The van der Waals surface area contributed by atoms with Crippen LogP contribution in [0.5, 0.6) is 0 Å². The first kappa shape index (κ1) is 57.4. The number of amides is 6. The number of anilines is 2. The largest absolute Gasteiger partial charge is 0.394 e. The summed E-state index contributed by atoms with van der Waals surface area (Å²) in [4.78, 5) is 72.9. The van der Waals surface area contributed by atoms with Gasteiger partial charge >= 0.3 is 6.03 Å². The molecule has 5 unspecified atom stereocenters. The van der Waals surface area contributed by atoms with E-state index in [4.69, 9.17) is 10.2 Å². The van der Waals surface area contributed by atoms with Crippen LogP contribution in [0, 0.1) is 0 Å². The van der Waals surface area contributed by atoms with E-state index in [9.17, 15) is 64.8 Å². The first-order valence-corrected chi connectivity index (χ1v) is 24.0. The Morgan fingerprint density at radius 3 is 1.70 bits per heavy atom. The van der Waals surface area contributed by atoms with Crippen molar-refractivity contribution in [3.05, 3.63) is 48.5 Å². The fraction of sp³-hybridized carbons (Fsp3) is 0.578. The van der Waals surface area contributed by atoms with E-state index in [1.54, 1.807) is 41.3 Å². The van der Waals surface area contributed by atoms with Gasteiger partial charge in [0.2, 0.25) is 23.6 Å². The third kappa shape index (κ3) is 19.6. The summed E-state index contributed by atoms with van der Waals surface area (Å²) in [6.45, 7) is -0.841. The lowest BCUT2D eigenvalue weighted by atomic mass is 10.0.